The van der Waals surface area contributed by atoms with E-state index in [2.05, 4.69) is 20.7 Å². The summed E-state index contributed by atoms with van der Waals surface area (Å²) in [5, 5.41) is 17.8. The fourth-order valence-electron chi connectivity index (χ4n) is 2.58. The molecule has 10 nitrogen and oxygen atoms in total. The van der Waals surface area contributed by atoms with Gasteiger partial charge in [-0.1, -0.05) is 0 Å². The van der Waals surface area contributed by atoms with Crippen molar-refractivity contribution in [2.24, 2.45) is 0 Å². The summed E-state index contributed by atoms with van der Waals surface area (Å²) in [4.78, 5) is 47.4. The molecule has 0 aliphatic rings. The summed E-state index contributed by atoms with van der Waals surface area (Å²) in [7, 11) is 1.19. The van der Waals surface area contributed by atoms with E-state index >= 15 is 0 Å². The number of rotatable bonds is 9. The second kappa shape index (κ2) is 11.8. The van der Waals surface area contributed by atoms with Crippen molar-refractivity contribution >= 4 is 29.6 Å². The van der Waals surface area contributed by atoms with E-state index in [-0.39, 0.29) is 22.9 Å². The largest absolute Gasteiger partial charge is 0.507 e. The Balaban J connectivity index is 2.83. The Labute approximate surface area is 181 Å². The molecule has 1 atom stereocenters. The fourth-order valence-corrected chi connectivity index (χ4v) is 2.58. The molecule has 3 amide bonds. The number of nitrogens with one attached hydrogen (secondary N) is 3. The highest BCUT2D eigenvalue weighted by atomic mass is 16.6. The van der Waals surface area contributed by atoms with E-state index in [1.807, 2.05) is 0 Å². The van der Waals surface area contributed by atoms with Gasteiger partial charge in [0.2, 0.25) is 11.8 Å². The number of phenolic OH excluding ortho intramolecular Hbond substituents is 1. The SMILES string of the molecule is COC(=O)c1ccc(NC(=O)[C@H](CCCCNC(C)=O)NC(=O)OC(C)(C)C)cc1O. The maximum absolute atomic E-state index is 12.7. The Morgan fingerprint density at radius 1 is 1.13 bits per heavy atom. The second-order valence-electron chi connectivity index (χ2n) is 7.89. The van der Waals surface area contributed by atoms with Crippen LogP contribution in [0.5, 0.6) is 5.75 Å². The lowest BCUT2D eigenvalue weighted by molar-refractivity contribution is -0.119. The van der Waals surface area contributed by atoms with Crippen LogP contribution in [0.1, 0.15) is 57.3 Å². The Morgan fingerprint density at radius 2 is 1.81 bits per heavy atom. The van der Waals surface area contributed by atoms with Gasteiger partial charge in [-0.15, -0.1) is 0 Å². The van der Waals surface area contributed by atoms with Crippen LogP contribution in [0, 0.1) is 0 Å². The van der Waals surface area contributed by atoms with Crippen LogP contribution in [0.4, 0.5) is 10.5 Å². The van der Waals surface area contributed by atoms with Crippen LogP contribution in [-0.2, 0) is 19.1 Å². The van der Waals surface area contributed by atoms with Crippen molar-refractivity contribution < 1.29 is 33.8 Å². The number of hydrogen-bond donors (Lipinski definition) is 4. The zero-order valence-corrected chi connectivity index (χ0v) is 18.5. The van der Waals surface area contributed by atoms with Gasteiger partial charge in [-0.2, -0.15) is 0 Å². The Kier molecular flexibility index (Phi) is 9.78. The smallest absolute Gasteiger partial charge is 0.408 e. The lowest BCUT2D eigenvalue weighted by Crippen LogP contribution is -2.45. The molecule has 31 heavy (non-hydrogen) atoms. The number of methoxy groups -OCH3 is 1. The van der Waals surface area contributed by atoms with E-state index in [1.165, 1.54) is 32.2 Å². The van der Waals surface area contributed by atoms with Gasteiger partial charge in [0.1, 0.15) is 23.0 Å². The third-order valence-electron chi connectivity index (χ3n) is 3.97. The van der Waals surface area contributed by atoms with Crippen LogP contribution < -0.4 is 16.0 Å². The van der Waals surface area contributed by atoms with E-state index in [4.69, 9.17) is 4.74 Å². The topological polar surface area (TPSA) is 143 Å². The number of anilines is 1. The highest BCUT2D eigenvalue weighted by molar-refractivity contribution is 5.98. The molecule has 0 heterocycles. The van der Waals surface area contributed by atoms with Gasteiger partial charge in [-0.25, -0.2) is 9.59 Å². The Hall–Kier alpha value is -3.30. The van der Waals surface area contributed by atoms with Gasteiger partial charge in [0.15, 0.2) is 0 Å². The number of esters is 1. The molecule has 4 N–H and O–H groups in total. The number of aromatic hydroxyl groups is 1. The number of carbonyl (C=O) groups excluding carboxylic acids is 4. The van der Waals surface area contributed by atoms with Crippen molar-refractivity contribution in [1.29, 1.82) is 0 Å². The minimum Gasteiger partial charge on any atom is -0.507 e. The molecular weight excluding hydrogens is 406 g/mol. The first kappa shape index (κ1) is 25.7. The number of ether oxygens (including phenoxy) is 2. The molecule has 0 fully saturated rings. The van der Waals surface area contributed by atoms with Gasteiger partial charge in [-0.3, -0.25) is 9.59 Å². The van der Waals surface area contributed by atoms with Crippen LogP contribution >= 0.6 is 0 Å². The molecule has 0 aliphatic heterocycles. The molecule has 0 bridgehead atoms. The molecule has 0 saturated heterocycles. The average Bonchev–Trinajstić information content (AvgIpc) is 2.64. The summed E-state index contributed by atoms with van der Waals surface area (Å²) in [5.74, 6) is -1.72. The minimum atomic E-state index is -0.908. The third-order valence-corrected chi connectivity index (χ3v) is 3.97. The van der Waals surface area contributed by atoms with Crippen LogP contribution in [0.3, 0.4) is 0 Å². The highest BCUT2D eigenvalue weighted by Crippen LogP contribution is 2.23. The molecule has 0 spiro atoms. The fraction of sp³-hybridized carbons (Fsp3) is 0.524. The van der Waals surface area contributed by atoms with E-state index < -0.39 is 29.6 Å². The number of carbonyl (C=O) groups is 4. The Bertz CT molecular complexity index is 803. The summed E-state index contributed by atoms with van der Waals surface area (Å²) in [6, 6.07) is 3.06. The first-order valence-electron chi connectivity index (χ1n) is 9.89. The average molecular weight is 437 g/mol. The third kappa shape index (κ3) is 9.83. The highest BCUT2D eigenvalue weighted by Gasteiger charge is 2.24. The van der Waals surface area contributed by atoms with E-state index in [1.54, 1.807) is 20.8 Å². The number of alkyl carbamates (subject to hydrolysis) is 1. The summed E-state index contributed by atoms with van der Waals surface area (Å²) in [6.45, 7) is 7.00. The van der Waals surface area contributed by atoms with Crippen molar-refractivity contribution in [2.75, 3.05) is 19.0 Å². The van der Waals surface area contributed by atoms with Gasteiger partial charge in [0.25, 0.3) is 0 Å². The number of hydrogen-bond acceptors (Lipinski definition) is 7. The molecule has 0 saturated carbocycles. The standard InChI is InChI=1S/C21H31N3O7/c1-13(25)22-11-7-6-8-16(24-20(29)31-21(2,3)4)18(27)23-14-9-10-15(17(26)12-14)19(28)30-5/h9-10,12,16,26H,6-8,11H2,1-5H3,(H,22,25)(H,23,27)(H,24,29)/t16-/m0/s1. The van der Waals surface area contributed by atoms with Gasteiger partial charge in [-0.05, 0) is 52.2 Å². The van der Waals surface area contributed by atoms with Gasteiger partial charge in [0.05, 0.1) is 7.11 Å². The quantitative estimate of drug-likeness (QED) is 0.343. The Morgan fingerprint density at radius 3 is 2.35 bits per heavy atom. The molecule has 0 aliphatic carbocycles. The number of phenols is 1. The lowest BCUT2D eigenvalue weighted by atomic mass is 10.1. The number of amides is 3. The van der Waals surface area contributed by atoms with Gasteiger partial charge < -0.3 is 30.5 Å². The predicted molar refractivity (Wildman–Crippen MR) is 114 cm³/mol. The van der Waals surface area contributed by atoms with Crippen molar-refractivity contribution in [1.82, 2.24) is 10.6 Å². The normalized spacial score (nSPS) is 11.8. The monoisotopic (exact) mass is 437 g/mol. The van der Waals surface area contributed by atoms with Crippen molar-refractivity contribution in [3.05, 3.63) is 23.8 Å². The maximum Gasteiger partial charge on any atom is 0.408 e. The first-order chi connectivity index (χ1) is 14.4. The molecule has 0 radical (unpaired) electrons. The van der Waals surface area contributed by atoms with Crippen molar-refractivity contribution in [3.63, 3.8) is 0 Å². The molecule has 0 aromatic heterocycles. The summed E-state index contributed by atoms with van der Waals surface area (Å²) < 4.78 is 9.79. The summed E-state index contributed by atoms with van der Waals surface area (Å²) in [5.41, 5.74) is -0.530. The minimum absolute atomic E-state index is 0.0399. The summed E-state index contributed by atoms with van der Waals surface area (Å²) in [6.07, 6.45) is 0.740. The molecule has 0 unspecified atom stereocenters. The molecule has 1 rings (SSSR count). The van der Waals surface area contributed by atoms with Crippen LogP contribution in [0.2, 0.25) is 0 Å². The van der Waals surface area contributed by atoms with Gasteiger partial charge in [0, 0.05) is 25.2 Å². The molecular formula is C21H31N3O7. The zero-order chi connectivity index (χ0) is 23.6. The van der Waals surface area contributed by atoms with E-state index in [9.17, 15) is 24.3 Å². The number of unbranched alkanes of at least 4 members (excludes halogenated alkanes) is 1. The number of benzene rings is 1. The molecule has 10 heteroatoms. The summed E-state index contributed by atoms with van der Waals surface area (Å²) >= 11 is 0. The molecule has 1 aromatic rings. The van der Waals surface area contributed by atoms with Crippen LogP contribution in [0.15, 0.2) is 18.2 Å². The lowest BCUT2D eigenvalue weighted by Gasteiger charge is -2.23. The van der Waals surface area contributed by atoms with Crippen molar-refractivity contribution in [2.45, 2.75) is 58.6 Å². The van der Waals surface area contributed by atoms with Gasteiger partial charge >= 0.3 is 12.1 Å². The van der Waals surface area contributed by atoms with Crippen LogP contribution in [0.25, 0.3) is 0 Å². The first-order valence-corrected chi connectivity index (χ1v) is 9.89. The predicted octanol–water partition coefficient (Wildman–Crippen LogP) is 2.32. The molecule has 172 valence electrons. The van der Waals surface area contributed by atoms with Crippen LogP contribution in [-0.4, -0.2) is 54.3 Å². The maximum atomic E-state index is 12.7. The van der Waals surface area contributed by atoms with E-state index in [0.29, 0.717) is 25.8 Å². The zero-order valence-electron chi connectivity index (χ0n) is 18.5. The second-order valence-corrected chi connectivity index (χ2v) is 7.89. The molecule has 1 aromatic carbocycles. The van der Waals surface area contributed by atoms with Crippen molar-refractivity contribution in [3.8, 4) is 5.75 Å². The van der Waals surface area contributed by atoms with E-state index in [0.717, 1.165) is 0 Å².